The molecule has 2 atom stereocenters. The summed E-state index contributed by atoms with van der Waals surface area (Å²) in [6, 6.07) is 2.17. The smallest absolute Gasteiger partial charge is 0.308 e. The molecule has 2 aromatic carbocycles. The number of amides is 1. The van der Waals surface area contributed by atoms with Crippen molar-refractivity contribution in [2.75, 3.05) is 6.61 Å². The van der Waals surface area contributed by atoms with E-state index < -0.39 is 77.1 Å². The molecule has 0 saturated carbocycles. The number of ether oxygens (including phenoxy) is 2. The second-order valence-electron chi connectivity index (χ2n) is 10.7. The number of hydrogen-bond acceptors (Lipinski definition) is 6. The number of hydrogen-bond donors (Lipinski definition) is 1. The predicted molar refractivity (Wildman–Crippen MR) is 156 cm³/mol. The van der Waals surface area contributed by atoms with Gasteiger partial charge in [0.25, 0.3) is 5.56 Å². The Hall–Kier alpha value is -3.57. The minimum atomic E-state index is -1.55. The molecule has 0 fully saturated rings. The summed E-state index contributed by atoms with van der Waals surface area (Å²) in [6.45, 7) is 7.00. The average molecular weight is 643 g/mol. The molecule has 1 heterocycles. The SMILES string of the molecule is CCc1c(F)cc(F)c(F)c1OCC(=O)C(CC(=O)OC(C)(C)C)NC(=O)[C@H](CC)n1ccc2cc(Cl)c(Cl)cc2c1=O. The van der Waals surface area contributed by atoms with Crippen LogP contribution in [0.1, 0.15) is 59.1 Å². The molecule has 1 N–H and O–H groups in total. The molecule has 1 aromatic heterocycles. The lowest BCUT2D eigenvalue weighted by Gasteiger charge is -2.25. The normalized spacial score (nSPS) is 13.0. The molecule has 13 heteroatoms. The van der Waals surface area contributed by atoms with E-state index in [0.717, 1.165) is 4.57 Å². The van der Waals surface area contributed by atoms with E-state index in [1.165, 1.54) is 25.3 Å². The van der Waals surface area contributed by atoms with Gasteiger partial charge in [-0.1, -0.05) is 37.0 Å². The number of ketones is 1. The Labute approximate surface area is 256 Å². The van der Waals surface area contributed by atoms with Gasteiger partial charge in [-0.2, -0.15) is 4.39 Å². The first-order chi connectivity index (χ1) is 20.1. The molecular formula is C30H31Cl2F3N2O6. The number of aromatic nitrogens is 1. The predicted octanol–water partition coefficient (Wildman–Crippen LogP) is 6.10. The summed E-state index contributed by atoms with van der Waals surface area (Å²) in [5.41, 5.74) is -1.76. The van der Waals surface area contributed by atoms with E-state index in [4.69, 9.17) is 32.7 Å². The third-order valence-electron chi connectivity index (χ3n) is 6.43. The number of nitrogens with one attached hydrogen (secondary N) is 1. The van der Waals surface area contributed by atoms with E-state index in [-0.39, 0.29) is 33.8 Å². The molecule has 3 rings (SSSR count). The fourth-order valence-electron chi connectivity index (χ4n) is 4.40. The molecule has 3 aromatic rings. The van der Waals surface area contributed by atoms with Crippen LogP contribution in [-0.2, 0) is 25.5 Å². The highest BCUT2D eigenvalue weighted by atomic mass is 35.5. The molecule has 0 saturated heterocycles. The lowest BCUT2D eigenvalue weighted by molar-refractivity contribution is -0.156. The first-order valence-electron chi connectivity index (χ1n) is 13.4. The van der Waals surface area contributed by atoms with Crippen LogP contribution in [0.5, 0.6) is 5.75 Å². The van der Waals surface area contributed by atoms with E-state index >= 15 is 0 Å². The number of halogens is 5. The standard InChI is InChI=1S/C30H31Cl2F3N2O6/c1-6-16-20(33)12-21(34)26(35)27(16)42-14-24(38)22(13-25(39)43-30(3,4)5)36-28(40)23(7-2)37-9-8-15-10-18(31)19(32)11-17(15)29(37)41/h8-12,22-23H,6-7,13-14H2,1-5H3,(H,36,40)/t22?,23-/m0/s1. The van der Waals surface area contributed by atoms with Crippen molar-refractivity contribution in [1.29, 1.82) is 0 Å². The van der Waals surface area contributed by atoms with Crippen LogP contribution >= 0.6 is 23.2 Å². The van der Waals surface area contributed by atoms with Gasteiger partial charge in [-0.05, 0) is 57.2 Å². The van der Waals surface area contributed by atoms with E-state index in [0.29, 0.717) is 11.5 Å². The molecule has 43 heavy (non-hydrogen) atoms. The molecule has 0 spiro atoms. The van der Waals surface area contributed by atoms with Gasteiger partial charge in [0.2, 0.25) is 11.7 Å². The Morgan fingerprint density at radius 2 is 1.67 bits per heavy atom. The zero-order valence-corrected chi connectivity index (χ0v) is 25.7. The lowest BCUT2D eigenvalue weighted by atomic mass is 10.1. The molecule has 1 unspecified atom stereocenters. The maximum atomic E-state index is 14.5. The number of carbonyl (C=O) groups is 3. The van der Waals surface area contributed by atoms with E-state index in [1.807, 2.05) is 0 Å². The zero-order valence-electron chi connectivity index (χ0n) is 24.2. The summed E-state index contributed by atoms with van der Waals surface area (Å²) in [5.74, 6) is -7.38. The van der Waals surface area contributed by atoms with Crippen LogP contribution in [0.2, 0.25) is 10.0 Å². The number of pyridine rings is 1. The Bertz CT molecular complexity index is 1620. The lowest BCUT2D eigenvalue weighted by Crippen LogP contribution is -2.48. The molecule has 0 aliphatic rings. The Kier molecular flexibility index (Phi) is 10.9. The second-order valence-corrected chi connectivity index (χ2v) is 11.5. The van der Waals surface area contributed by atoms with E-state index in [9.17, 15) is 32.3 Å². The van der Waals surface area contributed by atoms with Gasteiger partial charge >= 0.3 is 5.97 Å². The van der Waals surface area contributed by atoms with Crippen molar-refractivity contribution in [3.63, 3.8) is 0 Å². The molecule has 0 radical (unpaired) electrons. The van der Waals surface area contributed by atoms with Crippen molar-refractivity contribution in [2.24, 2.45) is 0 Å². The van der Waals surface area contributed by atoms with Crippen LogP contribution in [0.25, 0.3) is 10.8 Å². The number of Topliss-reactive ketones (excluding diaryl/α,β-unsaturated/α-hetero) is 1. The summed E-state index contributed by atoms with van der Waals surface area (Å²) in [5, 5.41) is 3.55. The molecule has 0 aliphatic heterocycles. The molecule has 0 aliphatic carbocycles. The highest BCUT2D eigenvalue weighted by molar-refractivity contribution is 6.42. The summed E-state index contributed by atoms with van der Waals surface area (Å²) < 4.78 is 54.2. The number of rotatable bonds is 11. The Morgan fingerprint density at radius 1 is 1.02 bits per heavy atom. The van der Waals surface area contributed by atoms with Gasteiger partial charge < -0.3 is 19.4 Å². The first kappa shape index (κ1) is 33.9. The number of benzene rings is 2. The highest BCUT2D eigenvalue weighted by Crippen LogP contribution is 2.29. The van der Waals surface area contributed by atoms with Crippen LogP contribution in [-0.4, -0.2) is 40.5 Å². The number of fused-ring (bicyclic) bond motifs is 1. The van der Waals surface area contributed by atoms with Gasteiger partial charge in [0.05, 0.1) is 16.5 Å². The fourth-order valence-corrected chi connectivity index (χ4v) is 4.74. The summed E-state index contributed by atoms with van der Waals surface area (Å²) in [6.07, 6.45) is 0.795. The maximum absolute atomic E-state index is 14.5. The average Bonchev–Trinajstić information content (AvgIpc) is 2.91. The highest BCUT2D eigenvalue weighted by Gasteiger charge is 2.31. The van der Waals surface area contributed by atoms with Gasteiger partial charge in [-0.15, -0.1) is 0 Å². The summed E-state index contributed by atoms with van der Waals surface area (Å²) in [7, 11) is 0. The molecule has 232 valence electrons. The number of carbonyl (C=O) groups excluding carboxylic acids is 3. The maximum Gasteiger partial charge on any atom is 0.308 e. The van der Waals surface area contributed by atoms with Crippen LogP contribution < -0.4 is 15.6 Å². The van der Waals surface area contributed by atoms with Crippen molar-refractivity contribution in [2.45, 2.75) is 71.6 Å². The van der Waals surface area contributed by atoms with Gasteiger partial charge in [-0.25, -0.2) is 8.78 Å². The largest absolute Gasteiger partial charge is 0.482 e. The van der Waals surface area contributed by atoms with Gasteiger partial charge in [0.15, 0.2) is 17.3 Å². The minimum absolute atomic E-state index is 0.0687. The van der Waals surface area contributed by atoms with E-state index in [2.05, 4.69) is 5.32 Å². The Balaban J connectivity index is 1.92. The van der Waals surface area contributed by atoms with Crippen molar-refractivity contribution >= 4 is 51.6 Å². The molecule has 0 bridgehead atoms. The van der Waals surface area contributed by atoms with Crippen LogP contribution in [0.15, 0.2) is 35.3 Å². The van der Waals surface area contributed by atoms with Crippen molar-refractivity contribution in [3.05, 3.63) is 73.9 Å². The van der Waals surface area contributed by atoms with Gasteiger partial charge in [0.1, 0.15) is 30.1 Å². The summed E-state index contributed by atoms with van der Waals surface area (Å²) in [4.78, 5) is 52.6. The van der Waals surface area contributed by atoms with Crippen LogP contribution in [0.4, 0.5) is 13.2 Å². The topological polar surface area (TPSA) is 104 Å². The number of nitrogens with zero attached hydrogens (tertiary/aromatic N) is 1. The second kappa shape index (κ2) is 13.8. The molecule has 1 amide bonds. The minimum Gasteiger partial charge on any atom is -0.482 e. The van der Waals surface area contributed by atoms with Gasteiger partial charge in [-0.3, -0.25) is 19.2 Å². The fraction of sp³-hybridized carbons (Fsp3) is 0.400. The third-order valence-corrected chi connectivity index (χ3v) is 7.15. The van der Waals surface area contributed by atoms with Crippen molar-refractivity contribution < 1.29 is 37.0 Å². The first-order valence-corrected chi connectivity index (χ1v) is 14.2. The van der Waals surface area contributed by atoms with E-state index in [1.54, 1.807) is 33.8 Å². The van der Waals surface area contributed by atoms with Crippen LogP contribution in [0.3, 0.4) is 0 Å². The quantitative estimate of drug-likeness (QED) is 0.200. The van der Waals surface area contributed by atoms with Crippen molar-refractivity contribution in [1.82, 2.24) is 9.88 Å². The van der Waals surface area contributed by atoms with Crippen LogP contribution in [0, 0.1) is 17.5 Å². The molecule has 8 nitrogen and oxygen atoms in total. The monoisotopic (exact) mass is 642 g/mol. The zero-order chi connectivity index (χ0) is 32.2. The number of esters is 1. The third kappa shape index (κ3) is 8.08. The molecular weight excluding hydrogens is 612 g/mol. The van der Waals surface area contributed by atoms with Gasteiger partial charge in [0, 0.05) is 23.2 Å². The van der Waals surface area contributed by atoms with Crippen molar-refractivity contribution in [3.8, 4) is 5.75 Å². The summed E-state index contributed by atoms with van der Waals surface area (Å²) >= 11 is 12.1. The Morgan fingerprint density at radius 3 is 2.28 bits per heavy atom.